The van der Waals surface area contributed by atoms with E-state index in [1.165, 1.54) is 12.2 Å². The Morgan fingerprint density at radius 3 is 2.11 bits per heavy atom. The van der Waals surface area contributed by atoms with Crippen molar-refractivity contribution in [2.45, 2.75) is 6.92 Å². The molecule has 0 fully saturated rings. The Kier molecular flexibility index (Phi) is 9.28. The fourth-order valence-corrected chi connectivity index (χ4v) is 3.50. The van der Waals surface area contributed by atoms with E-state index in [1.54, 1.807) is 40.4 Å². The summed E-state index contributed by atoms with van der Waals surface area (Å²) in [5.74, 6) is 0.723. The Morgan fingerprint density at radius 2 is 1.50 bits per heavy atom. The van der Waals surface area contributed by atoms with Gasteiger partial charge in [-0.05, 0) is 59.5 Å². The van der Waals surface area contributed by atoms with E-state index in [-0.39, 0.29) is 12.5 Å². The standard InChI is InChI=1S/C29H29NO6/c1-5-36-28(32)16-14-21-12-13-22(23-18-25(33-2)29(35-4)26(19-23)34-3)17-24(21)30-27(31)15-11-20-9-7-6-8-10-20/h6-19H,5H2,1-4H3,(H,30,31). The van der Waals surface area contributed by atoms with Crippen molar-refractivity contribution in [2.24, 2.45) is 0 Å². The van der Waals surface area contributed by atoms with Crippen molar-refractivity contribution < 1.29 is 28.5 Å². The molecule has 1 amide bonds. The maximum atomic E-state index is 12.7. The number of benzene rings is 3. The van der Waals surface area contributed by atoms with E-state index in [0.29, 0.717) is 28.5 Å². The van der Waals surface area contributed by atoms with E-state index in [4.69, 9.17) is 18.9 Å². The summed E-state index contributed by atoms with van der Waals surface area (Å²) in [7, 11) is 4.64. The molecule has 1 N–H and O–H groups in total. The lowest BCUT2D eigenvalue weighted by molar-refractivity contribution is -0.137. The van der Waals surface area contributed by atoms with Crippen molar-refractivity contribution >= 4 is 29.7 Å². The fourth-order valence-electron chi connectivity index (χ4n) is 3.50. The highest BCUT2D eigenvalue weighted by Gasteiger charge is 2.15. The maximum absolute atomic E-state index is 12.7. The number of anilines is 1. The van der Waals surface area contributed by atoms with E-state index in [1.807, 2.05) is 60.7 Å². The lowest BCUT2D eigenvalue weighted by Crippen LogP contribution is -2.09. The zero-order valence-electron chi connectivity index (χ0n) is 20.7. The molecule has 0 saturated carbocycles. The predicted molar refractivity (Wildman–Crippen MR) is 141 cm³/mol. The molecule has 7 nitrogen and oxygen atoms in total. The van der Waals surface area contributed by atoms with Gasteiger partial charge >= 0.3 is 5.97 Å². The highest BCUT2D eigenvalue weighted by Crippen LogP contribution is 2.41. The van der Waals surface area contributed by atoms with Crippen LogP contribution in [-0.4, -0.2) is 39.8 Å². The zero-order chi connectivity index (χ0) is 25.9. The second kappa shape index (κ2) is 12.8. The van der Waals surface area contributed by atoms with Crippen molar-refractivity contribution in [2.75, 3.05) is 33.3 Å². The predicted octanol–water partition coefficient (Wildman–Crippen LogP) is 5.61. The number of carbonyl (C=O) groups is 2. The summed E-state index contributed by atoms with van der Waals surface area (Å²) < 4.78 is 21.3. The highest BCUT2D eigenvalue weighted by atomic mass is 16.5. The van der Waals surface area contributed by atoms with Gasteiger partial charge in [0.25, 0.3) is 0 Å². The number of esters is 1. The largest absolute Gasteiger partial charge is 0.493 e. The van der Waals surface area contributed by atoms with Gasteiger partial charge in [0.05, 0.1) is 27.9 Å². The Bertz CT molecular complexity index is 1240. The van der Waals surface area contributed by atoms with Gasteiger partial charge in [-0.25, -0.2) is 4.79 Å². The Balaban J connectivity index is 1.99. The third kappa shape index (κ3) is 6.76. The summed E-state index contributed by atoms with van der Waals surface area (Å²) in [6.45, 7) is 2.01. The molecule has 3 aromatic rings. The second-order valence-electron chi connectivity index (χ2n) is 7.53. The molecule has 0 aromatic heterocycles. The van der Waals surface area contributed by atoms with Crippen LogP contribution in [0.4, 0.5) is 5.69 Å². The summed E-state index contributed by atoms with van der Waals surface area (Å²) in [6, 6.07) is 18.7. The molecule has 0 radical (unpaired) electrons. The van der Waals surface area contributed by atoms with Crippen LogP contribution < -0.4 is 19.5 Å². The van der Waals surface area contributed by atoms with E-state index >= 15 is 0 Å². The SMILES string of the molecule is CCOC(=O)C=Cc1ccc(-c2cc(OC)c(OC)c(OC)c2)cc1NC(=O)C=Cc1ccccc1. The number of methoxy groups -OCH3 is 3. The minimum atomic E-state index is -0.465. The van der Waals surface area contributed by atoms with Gasteiger partial charge in [-0.1, -0.05) is 42.5 Å². The van der Waals surface area contributed by atoms with Gasteiger partial charge in [0, 0.05) is 17.8 Å². The van der Waals surface area contributed by atoms with Gasteiger partial charge in [0.15, 0.2) is 11.5 Å². The van der Waals surface area contributed by atoms with Gasteiger partial charge in [-0.15, -0.1) is 0 Å². The zero-order valence-corrected chi connectivity index (χ0v) is 20.7. The number of nitrogens with one attached hydrogen (secondary N) is 1. The molecule has 0 saturated heterocycles. The summed E-state index contributed by atoms with van der Waals surface area (Å²) >= 11 is 0. The molecule has 0 unspecified atom stereocenters. The summed E-state index contributed by atoms with van der Waals surface area (Å²) in [4.78, 5) is 24.6. The Morgan fingerprint density at radius 1 is 0.806 bits per heavy atom. The smallest absolute Gasteiger partial charge is 0.330 e. The van der Waals surface area contributed by atoms with Gasteiger partial charge in [-0.3, -0.25) is 4.79 Å². The summed E-state index contributed by atoms with van der Waals surface area (Å²) in [5.41, 5.74) is 3.65. The van der Waals surface area contributed by atoms with E-state index < -0.39 is 5.97 Å². The van der Waals surface area contributed by atoms with Crippen molar-refractivity contribution in [1.82, 2.24) is 0 Å². The van der Waals surface area contributed by atoms with Crippen LogP contribution in [0.25, 0.3) is 23.3 Å². The normalized spacial score (nSPS) is 10.9. The number of hydrogen-bond acceptors (Lipinski definition) is 6. The van der Waals surface area contributed by atoms with Crippen LogP contribution in [0.5, 0.6) is 17.2 Å². The van der Waals surface area contributed by atoms with Crippen molar-refractivity contribution in [3.05, 3.63) is 83.9 Å². The Hall–Kier alpha value is -4.52. The molecule has 0 aliphatic carbocycles. The highest BCUT2D eigenvalue weighted by molar-refractivity contribution is 6.04. The molecular formula is C29H29NO6. The molecule has 0 atom stereocenters. The third-order valence-corrected chi connectivity index (χ3v) is 5.22. The molecule has 0 bridgehead atoms. The maximum Gasteiger partial charge on any atom is 0.330 e. The minimum Gasteiger partial charge on any atom is -0.493 e. The fraction of sp³-hybridized carbons (Fsp3) is 0.172. The molecule has 0 spiro atoms. The first-order valence-electron chi connectivity index (χ1n) is 11.3. The molecular weight excluding hydrogens is 458 g/mol. The second-order valence-corrected chi connectivity index (χ2v) is 7.53. The lowest BCUT2D eigenvalue weighted by Gasteiger charge is -2.15. The average molecular weight is 488 g/mol. The van der Waals surface area contributed by atoms with Gasteiger partial charge in [0.2, 0.25) is 11.7 Å². The molecule has 186 valence electrons. The van der Waals surface area contributed by atoms with Gasteiger partial charge in [0.1, 0.15) is 0 Å². The van der Waals surface area contributed by atoms with Crippen LogP contribution in [0.15, 0.2) is 72.8 Å². The van der Waals surface area contributed by atoms with Crippen LogP contribution in [0.3, 0.4) is 0 Å². The van der Waals surface area contributed by atoms with Crippen molar-refractivity contribution in [3.63, 3.8) is 0 Å². The van der Waals surface area contributed by atoms with E-state index in [0.717, 1.165) is 16.7 Å². The average Bonchev–Trinajstić information content (AvgIpc) is 2.91. The van der Waals surface area contributed by atoms with Crippen LogP contribution in [0.1, 0.15) is 18.1 Å². The quantitative estimate of drug-likeness (QED) is 0.296. The molecule has 7 heteroatoms. The first-order valence-corrected chi connectivity index (χ1v) is 11.3. The Labute approximate surface area is 211 Å². The van der Waals surface area contributed by atoms with Crippen molar-refractivity contribution in [3.8, 4) is 28.4 Å². The van der Waals surface area contributed by atoms with Crippen LogP contribution in [0, 0.1) is 0 Å². The molecule has 0 aliphatic rings. The van der Waals surface area contributed by atoms with Crippen LogP contribution >= 0.6 is 0 Å². The summed E-state index contributed by atoms with van der Waals surface area (Å²) in [5, 5.41) is 2.91. The number of ether oxygens (including phenoxy) is 4. The monoisotopic (exact) mass is 487 g/mol. The number of hydrogen-bond donors (Lipinski definition) is 1. The van der Waals surface area contributed by atoms with Crippen LogP contribution in [-0.2, 0) is 14.3 Å². The van der Waals surface area contributed by atoms with E-state index in [9.17, 15) is 9.59 Å². The number of amides is 1. The summed E-state index contributed by atoms with van der Waals surface area (Å²) in [6.07, 6.45) is 6.12. The lowest BCUT2D eigenvalue weighted by atomic mass is 10.0. The molecule has 3 aromatic carbocycles. The number of rotatable bonds is 10. The minimum absolute atomic E-state index is 0.275. The molecule has 36 heavy (non-hydrogen) atoms. The molecule has 0 heterocycles. The topological polar surface area (TPSA) is 83.1 Å². The molecule has 3 rings (SSSR count). The van der Waals surface area contributed by atoms with Gasteiger partial charge in [-0.2, -0.15) is 0 Å². The van der Waals surface area contributed by atoms with E-state index in [2.05, 4.69) is 5.32 Å². The van der Waals surface area contributed by atoms with Crippen molar-refractivity contribution in [1.29, 1.82) is 0 Å². The third-order valence-electron chi connectivity index (χ3n) is 5.22. The van der Waals surface area contributed by atoms with Crippen LogP contribution in [0.2, 0.25) is 0 Å². The first kappa shape index (κ1) is 26.1. The molecule has 0 aliphatic heterocycles. The number of carbonyl (C=O) groups excluding carboxylic acids is 2. The van der Waals surface area contributed by atoms with Gasteiger partial charge < -0.3 is 24.3 Å². The first-order chi connectivity index (χ1) is 17.5.